The van der Waals surface area contributed by atoms with Crippen LogP contribution in [0.2, 0.25) is 0 Å². The van der Waals surface area contributed by atoms with E-state index in [-0.39, 0.29) is 11.9 Å². The largest absolute Gasteiger partial charge is 0.496 e. The Hall–Kier alpha value is -1.75. The van der Waals surface area contributed by atoms with Crippen molar-refractivity contribution in [3.8, 4) is 11.5 Å². The quantitative estimate of drug-likeness (QED) is 0.895. The number of piperazine rings is 1. The van der Waals surface area contributed by atoms with E-state index < -0.39 is 0 Å². The Labute approximate surface area is 119 Å². The van der Waals surface area contributed by atoms with Gasteiger partial charge in [-0.15, -0.1) is 0 Å². The molecule has 5 nitrogen and oxygen atoms in total. The molecule has 5 heteroatoms. The maximum absolute atomic E-state index is 12.5. The second kappa shape index (κ2) is 6.61. The molecule has 1 aliphatic heterocycles. The zero-order valence-corrected chi connectivity index (χ0v) is 12.3. The SMILES string of the molecule is COc1cccc(OC)c1CC(=O)N1CCNC[C@H]1C. The van der Waals surface area contributed by atoms with E-state index in [9.17, 15) is 4.79 Å². The minimum Gasteiger partial charge on any atom is -0.496 e. The zero-order valence-electron chi connectivity index (χ0n) is 12.3. The van der Waals surface area contributed by atoms with Gasteiger partial charge in [0, 0.05) is 31.2 Å². The minimum atomic E-state index is 0.113. The lowest BCUT2D eigenvalue weighted by molar-refractivity contribution is -0.133. The highest BCUT2D eigenvalue weighted by molar-refractivity contribution is 5.81. The van der Waals surface area contributed by atoms with Crippen molar-refractivity contribution in [1.82, 2.24) is 10.2 Å². The van der Waals surface area contributed by atoms with Crippen LogP contribution in [0.4, 0.5) is 0 Å². The maximum atomic E-state index is 12.5. The molecule has 0 radical (unpaired) electrons. The molecule has 1 aliphatic rings. The van der Waals surface area contributed by atoms with Crippen LogP contribution in [-0.4, -0.2) is 50.7 Å². The summed E-state index contributed by atoms with van der Waals surface area (Å²) in [5, 5.41) is 3.29. The van der Waals surface area contributed by atoms with Gasteiger partial charge < -0.3 is 19.7 Å². The van der Waals surface area contributed by atoms with Crippen molar-refractivity contribution < 1.29 is 14.3 Å². The summed E-state index contributed by atoms with van der Waals surface area (Å²) in [5.41, 5.74) is 0.813. The average molecular weight is 278 g/mol. The van der Waals surface area contributed by atoms with E-state index >= 15 is 0 Å². The summed E-state index contributed by atoms with van der Waals surface area (Å²) in [6, 6.07) is 5.79. The Bertz CT molecular complexity index is 454. The first kappa shape index (κ1) is 14.7. The van der Waals surface area contributed by atoms with Gasteiger partial charge in [0.05, 0.1) is 20.6 Å². The molecule has 1 heterocycles. The molecule has 1 aromatic rings. The summed E-state index contributed by atoms with van der Waals surface area (Å²) >= 11 is 0. The maximum Gasteiger partial charge on any atom is 0.227 e. The summed E-state index contributed by atoms with van der Waals surface area (Å²) in [4.78, 5) is 14.4. The topological polar surface area (TPSA) is 50.8 Å². The fraction of sp³-hybridized carbons (Fsp3) is 0.533. The Kier molecular flexibility index (Phi) is 4.84. The Morgan fingerprint density at radius 1 is 1.35 bits per heavy atom. The first-order valence-electron chi connectivity index (χ1n) is 6.87. The lowest BCUT2D eigenvalue weighted by Gasteiger charge is -2.34. The normalized spacial score (nSPS) is 18.8. The van der Waals surface area contributed by atoms with Gasteiger partial charge in [-0.2, -0.15) is 0 Å². The molecule has 0 spiro atoms. The number of hydrogen-bond acceptors (Lipinski definition) is 4. The second-order valence-corrected chi connectivity index (χ2v) is 4.96. The van der Waals surface area contributed by atoms with Gasteiger partial charge in [0.25, 0.3) is 0 Å². The van der Waals surface area contributed by atoms with Gasteiger partial charge in [0.1, 0.15) is 11.5 Å². The molecule has 0 bridgehead atoms. The van der Waals surface area contributed by atoms with Gasteiger partial charge in [-0.1, -0.05) is 6.07 Å². The smallest absolute Gasteiger partial charge is 0.227 e. The molecule has 0 saturated carbocycles. The summed E-state index contributed by atoms with van der Waals surface area (Å²) in [6.07, 6.45) is 0.303. The molecule has 1 aromatic carbocycles. The van der Waals surface area contributed by atoms with Crippen LogP contribution in [0, 0.1) is 0 Å². The number of rotatable bonds is 4. The third-order valence-electron chi connectivity index (χ3n) is 3.68. The van der Waals surface area contributed by atoms with Gasteiger partial charge in [0.15, 0.2) is 0 Å². The number of nitrogens with zero attached hydrogens (tertiary/aromatic N) is 1. The van der Waals surface area contributed by atoms with Crippen LogP contribution >= 0.6 is 0 Å². The number of nitrogens with one attached hydrogen (secondary N) is 1. The molecule has 0 aliphatic carbocycles. The number of carbonyl (C=O) groups is 1. The van der Waals surface area contributed by atoms with Crippen molar-refractivity contribution in [1.29, 1.82) is 0 Å². The number of ether oxygens (including phenoxy) is 2. The van der Waals surface area contributed by atoms with Gasteiger partial charge >= 0.3 is 0 Å². The van der Waals surface area contributed by atoms with Crippen LogP contribution in [0.25, 0.3) is 0 Å². The molecule has 110 valence electrons. The highest BCUT2D eigenvalue weighted by Crippen LogP contribution is 2.29. The van der Waals surface area contributed by atoms with Gasteiger partial charge in [-0.05, 0) is 19.1 Å². The van der Waals surface area contributed by atoms with Crippen LogP contribution in [0.5, 0.6) is 11.5 Å². The van der Waals surface area contributed by atoms with Crippen molar-refractivity contribution in [2.75, 3.05) is 33.9 Å². The molecule has 2 rings (SSSR count). The molecule has 1 fully saturated rings. The number of carbonyl (C=O) groups excluding carboxylic acids is 1. The van der Waals surface area contributed by atoms with E-state index in [0.29, 0.717) is 17.9 Å². The Morgan fingerprint density at radius 3 is 2.55 bits per heavy atom. The van der Waals surface area contributed by atoms with Gasteiger partial charge in [-0.3, -0.25) is 4.79 Å². The lowest BCUT2D eigenvalue weighted by Crippen LogP contribution is -2.52. The van der Waals surface area contributed by atoms with E-state index in [1.807, 2.05) is 23.1 Å². The molecule has 1 amide bonds. The number of benzene rings is 1. The van der Waals surface area contributed by atoms with Crippen LogP contribution in [0.15, 0.2) is 18.2 Å². The van der Waals surface area contributed by atoms with Crippen LogP contribution < -0.4 is 14.8 Å². The van der Waals surface area contributed by atoms with Crippen molar-refractivity contribution in [3.63, 3.8) is 0 Å². The van der Waals surface area contributed by atoms with Crippen LogP contribution in [0.1, 0.15) is 12.5 Å². The monoisotopic (exact) mass is 278 g/mol. The van der Waals surface area contributed by atoms with E-state index in [2.05, 4.69) is 12.2 Å². The molecular formula is C15H22N2O3. The predicted octanol–water partition coefficient (Wildman–Crippen LogP) is 1.07. The summed E-state index contributed by atoms with van der Waals surface area (Å²) in [7, 11) is 3.21. The third kappa shape index (κ3) is 3.04. The fourth-order valence-electron chi connectivity index (χ4n) is 2.57. The number of amides is 1. The standard InChI is InChI=1S/C15H22N2O3/c1-11-10-16-7-8-17(11)15(18)9-12-13(19-2)5-4-6-14(12)20-3/h4-6,11,16H,7-10H2,1-3H3/t11-/m1/s1. The third-order valence-corrected chi connectivity index (χ3v) is 3.68. The van der Waals surface area contributed by atoms with Crippen molar-refractivity contribution in [3.05, 3.63) is 23.8 Å². The Balaban J connectivity index is 2.18. The van der Waals surface area contributed by atoms with E-state index in [0.717, 1.165) is 25.2 Å². The molecule has 0 aromatic heterocycles. The van der Waals surface area contributed by atoms with E-state index in [1.165, 1.54) is 0 Å². The number of methoxy groups -OCH3 is 2. The van der Waals surface area contributed by atoms with E-state index in [4.69, 9.17) is 9.47 Å². The van der Waals surface area contributed by atoms with Crippen molar-refractivity contribution in [2.24, 2.45) is 0 Å². The summed E-state index contributed by atoms with van der Waals surface area (Å²) < 4.78 is 10.7. The lowest BCUT2D eigenvalue weighted by atomic mass is 10.1. The fourth-order valence-corrected chi connectivity index (χ4v) is 2.57. The first-order valence-corrected chi connectivity index (χ1v) is 6.87. The zero-order chi connectivity index (χ0) is 14.5. The Morgan fingerprint density at radius 2 is 2.00 bits per heavy atom. The van der Waals surface area contributed by atoms with Crippen LogP contribution in [-0.2, 0) is 11.2 Å². The second-order valence-electron chi connectivity index (χ2n) is 4.96. The molecule has 1 saturated heterocycles. The van der Waals surface area contributed by atoms with E-state index in [1.54, 1.807) is 14.2 Å². The minimum absolute atomic E-state index is 0.113. The summed E-state index contributed by atoms with van der Waals surface area (Å²) in [5.74, 6) is 1.50. The number of hydrogen-bond donors (Lipinski definition) is 1. The highest BCUT2D eigenvalue weighted by atomic mass is 16.5. The predicted molar refractivity (Wildman–Crippen MR) is 77.3 cm³/mol. The summed E-state index contributed by atoms with van der Waals surface area (Å²) in [6.45, 7) is 4.49. The molecule has 1 atom stereocenters. The average Bonchev–Trinajstić information content (AvgIpc) is 2.47. The molecule has 0 unspecified atom stereocenters. The molecular weight excluding hydrogens is 256 g/mol. The molecule has 1 N–H and O–H groups in total. The molecule has 20 heavy (non-hydrogen) atoms. The highest BCUT2D eigenvalue weighted by Gasteiger charge is 2.24. The van der Waals surface area contributed by atoms with Crippen molar-refractivity contribution in [2.45, 2.75) is 19.4 Å². The van der Waals surface area contributed by atoms with Gasteiger partial charge in [-0.25, -0.2) is 0 Å². The van der Waals surface area contributed by atoms with Gasteiger partial charge in [0.2, 0.25) is 5.91 Å². The van der Waals surface area contributed by atoms with Crippen molar-refractivity contribution >= 4 is 5.91 Å². The van der Waals surface area contributed by atoms with Crippen LogP contribution in [0.3, 0.4) is 0 Å². The first-order chi connectivity index (χ1) is 9.67.